The molecule has 0 aromatic heterocycles. The summed E-state index contributed by atoms with van der Waals surface area (Å²) in [7, 11) is -2.22. The number of carbonyl (C=O) groups is 1. The van der Waals surface area contributed by atoms with Crippen LogP contribution in [0.25, 0.3) is 0 Å². The van der Waals surface area contributed by atoms with Crippen molar-refractivity contribution in [3.05, 3.63) is 54.1 Å². The lowest BCUT2D eigenvalue weighted by Crippen LogP contribution is -2.41. The summed E-state index contributed by atoms with van der Waals surface area (Å²) in [6, 6.07) is 14.4. The Morgan fingerprint density at radius 1 is 1.11 bits per heavy atom. The normalized spacial score (nSPS) is 11.0. The quantitative estimate of drug-likeness (QED) is 0.612. The monoisotopic (exact) mass is 406 g/mol. The molecule has 0 aliphatic heterocycles. The maximum absolute atomic E-state index is 12.3. The molecule has 0 bridgehead atoms. The highest BCUT2D eigenvalue weighted by Gasteiger charge is 2.23. The van der Waals surface area contributed by atoms with Gasteiger partial charge >= 0.3 is 0 Å². The molecule has 0 heterocycles. The molecule has 0 radical (unpaired) electrons. The Kier molecular flexibility index (Phi) is 7.69. The van der Waals surface area contributed by atoms with Crippen molar-refractivity contribution in [1.82, 2.24) is 5.32 Å². The minimum atomic E-state index is -3.66. The van der Waals surface area contributed by atoms with E-state index >= 15 is 0 Å². The van der Waals surface area contributed by atoms with Gasteiger partial charge in [0.1, 0.15) is 24.7 Å². The molecule has 0 atom stereocenters. The van der Waals surface area contributed by atoms with Gasteiger partial charge in [-0.2, -0.15) is 0 Å². The largest absolute Gasteiger partial charge is 0.495 e. The lowest BCUT2D eigenvalue weighted by atomic mass is 10.2. The fourth-order valence-corrected chi connectivity index (χ4v) is 3.44. The molecule has 0 unspecified atom stereocenters. The zero-order chi connectivity index (χ0) is 20.6. The molecule has 28 heavy (non-hydrogen) atoms. The van der Waals surface area contributed by atoms with Gasteiger partial charge in [0.2, 0.25) is 15.9 Å². The highest BCUT2D eigenvalue weighted by Crippen LogP contribution is 2.29. The molecule has 0 aliphatic rings. The van der Waals surface area contributed by atoms with E-state index in [0.717, 1.165) is 22.7 Å². The van der Waals surface area contributed by atoms with E-state index in [0.29, 0.717) is 11.4 Å². The average molecular weight is 407 g/mol. The zero-order valence-electron chi connectivity index (χ0n) is 16.3. The van der Waals surface area contributed by atoms with Crippen molar-refractivity contribution in [3.8, 4) is 11.5 Å². The Hall–Kier alpha value is -2.74. The van der Waals surface area contributed by atoms with Crippen molar-refractivity contribution in [1.29, 1.82) is 0 Å². The zero-order valence-corrected chi connectivity index (χ0v) is 17.2. The molecule has 0 spiro atoms. The minimum absolute atomic E-state index is 0.262. The average Bonchev–Trinajstić information content (AvgIpc) is 2.69. The molecule has 2 aromatic rings. The van der Waals surface area contributed by atoms with Crippen LogP contribution >= 0.6 is 0 Å². The SMILES string of the molecule is CCc1ccc(OCCNC(=O)CN(c2ccccc2OC)S(C)(=O)=O)cc1. The van der Waals surface area contributed by atoms with E-state index in [2.05, 4.69) is 12.2 Å². The Balaban J connectivity index is 1.91. The first kappa shape index (κ1) is 21.6. The number of nitrogens with zero attached hydrogens (tertiary/aromatic N) is 1. The minimum Gasteiger partial charge on any atom is -0.495 e. The molecule has 1 amide bonds. The second-order valence-corrected chi connectivity index (χ2v) is 8.04. The third-order valence-electron chi connectivity index (χ3n) is 4.07. The molecule has 7 nitrogen and oxygen atoms in total. The second-order valence-electron chi connectivity index (χ2n) is 6.14. The van der Waals surface area contributed by atoms with Crippen LogP contribution in [0.4, 0.5) is 5.69 Å². The fraction of sp³-hybridized carbons (Fsp3) is 0.350. The van der Waals surface area contributed by atoms with Crippen LogP contribution < -0.4 is 19.1 Å². The highest BCUT2D eigenvalue weighted by atomic mass is 32.2. The van der Waals surface area contributed by atoms with E-state index in [1.807, 2.05) is 24.3 Å². The summed E-state index contributed by atoms with van der Waals surface area (Å²) in [4.78, 5) is 12.3. The number of amides is 1. The first-order chi connectivity index (χ1) is 13.3. The summed E-state index contributed by atoms with van der Waals surface area (Å²) in [5, 5.41) is 2.67. The second kappa shape index (κ2) is 9.98. The summed E-state index contributed by atoms with van der Waals surface area (Å²) >= 11 is 0. The number of hydrogen-bond acceptors (Lipinski definition) is 5. The van der Waals surface area contributed by atoms with Crippen LogP contribution in [0, 0.1) is 0 Å². The molecule has 1 N–H and O–H groups in total. The van der Waals surface area contributed by atoms with Crippen LogP contribution in [-0.2, 0) is 21.2 Å². The number of methoxy groups -OCH3 is 1. The standard InChI is InChI=1S/C20H26N2O5S/c1-4-16-9-11-17(12-10-16)27-14-13-21-20(23)15-22(28(3,24)25)18-7-5-6-8-19(18)26-2/h5-12H,4,13-15H2,1-3H3,(H,21,23). The number of hydrogen-bond donors (Lipinski definition) is 1. The summed E-state index contributed by atoms with van der Waals surface area (Å²) < 4.78 is 36.1. The number of carbonyl (C=O) groups excluding carboxylic acids is 1. The van der Waals surface area contributed by atoms with E-state index in [4.69, 9.17) is 9.47 Å². The van der Waals surface area contributed by atoms with Crippen molar-refractivity contribution in [3.63, 3.8) is 0 Å². The number of sulfonamides is 1. The molecular formula is C20H26N2O5S. The van der Waals surface area contributed by atoms with Crippen LogP contribution in [0.2, 0.25) is 0 Å². The fourth-order valence-electron chi connectivity index (χ4n) is 2.58. The Morgan fingerprint density at radius 2 is 1.79 bits per heavy atom. The number of rotatable bonds is 10. The predicted octanol–water partition coefficient (Wildman–Crippen LogP) is 2.22. The first-order valence-electron chi connectivity index (χ1n) is 8.94. The maximum atomic E-state index is 12.3. The van der Waals surface area contributed by atoms with Crippen LogP contribution in [0.15, 0.2) is 48.5 Å². The van der Waals surface area contributed by atoms with Gasteiger partial charge in [0, 0.05) is 0 Å². The van der Waals surface area contributed by atoms with E-state index in [-0.39, 0.29) is 19.7 Å². The molecule has 0 saturated heterocycles. The number of aryl methyl sites for hydroxylation is 1. The first-order valence-corrected chi connectivity index (χ1v) is 10.8. The van der Waals surface area contributed by atoms with Gasteiger partial charge in [-0.05, 0) is 36.2 Å². The van der Waals surface area contributed by atoms with E-state index in [1.165, 1.54) is 12.7 Å². The van der Waals surface area contributed by atoms with Crippen LogP contribution in [0.3, 0.4) is 0 Å². The van der Waals surface area contributed by atoms with E-state index in [1.54, 1.807) is 24.3 Å². The van der Waals surface area contributed by atoms with E-state index < -0.39 is 15.9 Å². The number of para-hydroxylation sites is 2. The molecule has 2 rings (SSSR count). The van der Waals surface area contributed by atoms with Crippen molar-refractivity contribution < 1.29 is 22.7 Å². The predicted molar refractivity (Wildman–Crippen MR) is 110 cm³/mol. The number of benzene rings is 2. The van der Waals surface area contributed by atoms with Crippen molar-refractivity contribution >= 4 is 21.6 Å². The van der Waals surface area contributed by atoms with Crippen LogP contribution in [0.1, 0.15) is 12.5 Å². The van der Waals surface area contributed by atoms with E-state index in [9.17, 15) is 13.2 Å². The number of nitrogens with one attached hydrogen (secondary N) is 1. The molecule has 2 aromatic carbocycles. The van der Waals surface area contributed by atoms with Gasteiger partial charge < -0.3 is 14.8 Å². The lowest BCUT2D eigenvalue weighted by molar-refractivity contribution is -0.119. The molecule has 0 aliphatic carbocycles. The Bertz CT molecular complexity index is 882. The third-order valence-corrected chi connectivity index (χ3v) is 5.19. The van der Waals surface area contributed by atoms with Gasteiger partial charge in [0.25, 0.3) is 0 Å². The van der Waals surface area contributed by atoms with Crippen LogP contribution in [-0.4, -0.2) is 47.4 Å². The summed E-state index contributed by atoms with van der Waals surface area (Å²) in [5.74, 6) is 0.666. The van der Waals surface area contributed by atoms with Gasteiger partial charge in [-0.25, -0.2) is 8.42 Å². The van der Waals surface area contributed by atoms with Crippen molar-refractivity contribution in [2.24, 2.45) is 0 Å². The molecule has 0 saturated carbocycles. The van der Waals surface area contributed by atoms with Gasteiger partial charge in [-0.3, -0.25) is 9.10 Å². The Morgan fingerprint density at radius 3 is 2.39 bits per heavy atom. The molecule has 0 fully saturated rings. The molecule has 152 valence electrons. The van der Waals surface area contributed by atoms with Gasteiger partial charge in [0.05, 0.1) is 25.6 Å². The van der Waals surface area contributed by atoms with Crippen molar-refractivity contribution in [2.75, 3.05) is 37.4 Å². The summed E-state index contributed by atoms with van der Waals surface area (Å²) in [6.45, 7) is 2.28. The lowest BCUT2D eigenvalue weighted by Gasteiger charge is -2.23. The van der Waals surface area contributed by atoms with Crippen molar-refractivity contribution in [2.45, 2.75) is 13.3 Å². The highest BCUT2D eigenvalue weighted by molar-refractivity contribution is 7.92. The molecule has 8 heteroatoms. The maximum Gasteiger partial charge on any atom is 0.240 e. The summed E-state index contributed by atoms with van der Waals surface area (Å²) in [6.07, 6.45) is 2.01. The smallest absolute Gasteiger partial charge is 0.240 e. The topological polar surface area (TPSA) is 84.9 Å². The van der Waals surface area contributed by atoms with Gasteiger partial charge in [-0.1, -0.05) is 31.2 Å². The Labute approximate surface area is 166 Å². The third kappa shape index (κ3) is 6.16. The van der Waals surface area contributed by atoms with Crippen LogP contribution in [0.5, 0.6) is 11.5 Å². The van der Waals surface area contributed by atoms with Gasteiger partial charge in [0.15, 0.2) is 0 Å². The number of anilines is 1. The summed E-state index contributed by atoms with van der Waals surface area (Å²) in [5.41, 5.74) is 1.53. The molecular weight excluding hydrogens is 380 g/mol. The number of ether oxygens (including phenoxy) is 2. The van der Waals surface area contributed by atoms with Gasteiger partial charge in [-0.15, -0.1) is 0 Å².